The maximum absolute atomic E-state index is 11.7. The number of aliphatic hydroxyl groups excluding tert-OH is 1. The molecular formula is C13H28N2O3. The number of rotatable bonds is 11. The van der Waals surface area contributed by atoms with E-state index in [-0.39, 0.29) is 24.7 Å². The number of nitrogens with two attached hydrogens (primary N) is 1. The number of ether oxygens (including phenoxy) is 1. The van der Waals surface area contributed by atoms with Gasteiger partial charge in [0.15, 0.2) is 0 Å². The monoisotopic (exact) mass is 260 g/mol. The lowest BCUT2D eigenvalue weighted by Gasteiger charge is -2.18. The molecule has 108 valence electrons. The van der Waals surface area contributed by atoms with Crippen LogP contribution in [0.2, 0.25) is 0 Å². The minimum absolute atomic E-state index is 0.0448. The number of hydrogen-bond donors (Lipinski definition) is 3. The third-order valence-corrected chi connectivity index (χ3v) is 2.72. The summed E-state index contributed by atoms with van der Waals surface area (Å²) in [5, 5.41) is 11.9. The number of carbonyl (C=O) groups is 1. The predicted molar refractivity (Wildman–Crippen MR) is 72.2 cm³/mol. The molecule has 0 aliphatic rings. The van der Waals surface area contributed by atoms with Gasteiger partial charge in [-0.15, -0.1) is 0 Å². The molecule has 0 heterocycles. The van der Waals surface area contributed by atoms with Crippen molar-refractivity contribution in [2.24, 2.45) is 5.73 Å². The maximum atomic E-state index is 11.7. The van der Waals surface area contributed by atoms with Crippen molar-refractivity contribution in [2.45, 2.75) is 58.1 Å². The Morgan fingerprint density at radius 3 is 2.72 bits per heavy atom. The van der Waals surface area contributed by atoms with Crippen molar-refractivity contribution in [2.75, 3.05) is 19.8 Å². The SMILES string of the molecule is CCCCO[C@H](C)CC(=O)N[C@@H](CO)CCCN. The van der Waals surface area contributed by atoms with Gasteiger partial charge in [0.25, 0.3) is 0 Å². The highest BCUT2D eigenvalue weighted by molar-refractivity contribution is 5.76. The first-order chi connectivity index (χ1) is 8.63. The van der Waals surface area contributed by atoms with Gasteiger partial charge in [0.2, 0.25) is 5.91 Å². The standard InChI is InChI=1S/C13H28N2O3/c1-3-4-8-18-11(2)9-13(17)15-12(10-16)6-5-7-14/h11-12,16H,3-10,14H2,1-2H3,(H,15,17)/t11-,12-/m1/s1. The molecule has 5 heteroatoms. The van der Waals surface area contributed by atoms with Gasteiger partial charge in [-0.05, 0) is 32.7 Å². The molecule has 0 radical (unpaired) electrons. The Morgan fingerprint density at radius 1 is 1.44 bits per heavy atom. The molecule has 0 saturated carbocycles. The van der Waals surface area contributed by atoms with Crippen LogP contribution in [0.5, 0.6) is 0 Å². The van der Waals surface area contributed by atoms with Crippen LogP contribution < -0.4 is 11.1 Å². The molecule has 2 atom stereocenters. The van der Waals surface area contributed by atoms with Crippen molar-refractivity contribution >= 4 is 5.91 Å². The van der Waals surface area contributed by atoms with Gasteiger partial charge in [-0.1, -0.05) is 13.3 Å². The van der Waals surface area contributed by atoms with Crippen LogP contribution in [-0.4, -0.2) is 42.9 Å². The Labute approximate surface area is 110 Å². The zero-order chi connectivity index (χ0) is 13.8. The molecule has 0 unspecified atom stereocenters. The van der Waals surface area contributed by atoms with Crippen molar-refractivity contribution in [1.29, 1.82) is 0 Å². The maximum Gasteiger partial charge on any atom is 0.222 e. The lowest BCUT2D eigenvalue weighted by Crippen LogP contribution is -2.39. The van der Waals surface area contributed by atoms with E-state index in [4.69, 9.17) is 15.6 Å². The fraction of sp³-hybridized carbons (Fsp3) is 0.923. The van der Waals surface area contributed by atoms with Crippen molar-refractivity contribution in [3.8, 4) is 0 Å². The van der Waals surface area contributed by atoms with Gasteiger partial charge < -0.3 is 20.9 Å². The first-order valence-corrected chi connectivity index (χ1v) is 6.85. The van der Waals surface area contributed by atoms with Crippen molar-refractivity contribution < 1.29 is 14.6 Å². The Morgan fingerprint density at radius 2 is 2.17 bits per heavy atom. The third kappa shape index (κ3) is 9.39. The van der Waals surface area contributed by atoms with E-state index < -0.39 is 0 Å². The molecular weight excluding hydrogens is 232 g/mol. The van der Waals surface area contributed by atoms with Crippen LogP contribution in [0.1, 0.15) is 46.0 Å². The summed E-state index contributed by atoms with van der Waals surface area (Å²) < 4.78 is 5.51. The molecule has 0 spiro atoms. The van der Waals surface area contributed by atoms with E-state index in [0.29, 0.717) is 26.0 Å². The second kappa shape index (κ2) is 11.4. The molecule has 0 aromatic heterocycles. The van der Waals surface area contributed by atoms with E-state index in [1.807, 2.05) is 6.92 Å². The van der Waals surface area contributed by atoms with Crippen LogP contribution in [0.3, 0.4) is 0 Å². The number of nitrogens with one attached hydrogen (secondary N) is 1. The van der Waals surface area contributed by atoms with Crippen LogP contribution in [0.4, 0.5) is 0 Å². The number of unbranched alkanes of at least 4 members (excludes halogenated alkanes) is 1. The number of hydrogen-bond acceptors (Lipinski definition) is 4. The first kappa shape index (κ1) is 17.4. The van der Waals surface area contributed by atoms with E-state index in [1.54, 1.807) is 0 Å². The first-order valence-electron chi connectivity index (χ1n) is 6.85. The third-order valence-electron chi connectivity index (χ3n) is 2.72. The highest BCUT2D eigenvalue weighted by Crippen LogP contribution is 2.02. The highest BCUT2D eigenvalue weighted by Gasteiger charge is 2.13. The molecule has 0 bridgehead atoms. The van der Waals surface area contributed by atoms with E-state index in [2.05, 4.69) is 12.2 Å². The molecule has 0 aliphatic carbocycles. The quantitative estimate of drug-likeness (QED) is 0.480. The predicted octanol–water partition coefficient (Wildman–Crippen LogP) is 0.798. The number of amides is 1. The molecule has 0 saturated heterocycles. The molecule has 0 aliphatic heterocycles. The molecule has 0 fully saturated rings. The minimum atomic E-state index is -0.191. The Bertz CT molecular complexity index is 212. The summed E-state index contributed by atoms with van der Waals surface area (Å²) >= 11 is 0. The van der Waals surface area contributed by atoms with Gasteiger partial charge in [0.1, 0.15) is 0 Å². The number of carbonyl (C=O) groups excluding carboxylic acids is 1. The van der Waals surface area contributed by atoms with Crippen LogP contribution in [0.15, 0.2) is 0 Å². The summed E-state index contributed by atoms with van der Waals surface area (Å²) in [6.07, 6.45) is 3.87. The number of aliphatic hydroxyl groups is 1. The smallest absolute Gasteiger partial charge is 0.222 e. The zero-order valence-electron chi connectivity index (χ0n) is 11.7. The van der Waals surface area contributed by atoms with Crippen molar-refractivity contribution in [3.63, 3.8) is 0 Å². The lowest BCUT2D eigenvalue weighted by atomic mass is 10.1. The normalized spacial score (nSPS) is 14.2. The summed E-state index contributed by atoms with van der Waals surface area (Å²) in [4.78, 5) is 11.7. The van der Waals surface area contributed by atoms with Gasteiger partial charge in [-0.3, -0.25) is 4.79 Å². The molecule has 18 heavy (non-hydrogen) atoms. The second-order valence-electron chi connectivity index (χ2n) is 4.62. The van der Waals surface area contributed by atoms with Crippen molar-refractivity contribution in [1.82, 2.24) is 5.32 Å². The fourth-order valence-electron chi connectivity index (χ4n) is 1.61. The Kier molecular flexibility index (Phi) is 11.0. The topological polar surface area (TPSA) is 84.6 Å². The Balaban J connectivity index is 3.78. The summed E-state index contributed by atoms with van der Waals surface area (Å²) in [5.41, 5.74) is 5.40. The Hall–Kier alpha value is -0.650. The van der Waals surface area contributed by atoms with Crippen LogP contribution in [-0.2, 0) is 9.53 Å². The van der Waals surface area contributed by atoms with Gasteiger partial charge in [0.05, 0.1) is 25.2 Å². The fourth-order valence-corrected chi connectivity index (χ4v) is 1.61. The van der Waals surface area contributed by atoms with Gasteiger partial charge in [0, 0.05) is 6.61 Å². The highest BCUT2D eigenvalue weighted by atomic mass is 16.5. The van der Waals surface area contributed by atoms with Gasteiger partial charge >= 0.3 is 0 Å². The van der Waals surface area contributed by atoms with Gasteiger partial charge in [-0.25, -0.2) is 0 Å². The van der Waals surface area contributed by atoms with E-state index in [1.165, 1.54) is 0 Å². The molecule has 0 aromatic carbocycles. The van der Waals surface area contributed by atoms with Crippen LogP contribution in [0.25, 0.3) is 0 Å². The lowest BCUT2D eigenvalue weighted by molar-refractivity contribution is -0.124. The summed E-state index contributed by atoms with van der Waals surface area (Å²) in [5.74, 6) is -0.0740. The largest absolute Gasteiger partial charge is 0.394 e. The van der Waals surface area contributed by atoms with E-state index in [9.17, 15) is 4.79 Å². The molecule has 4 N–H and O–H groups in total. The zero-order valence-corrected chi connectivity index (χ0v) is 11.7. The second-order valence-corrected chi connectivity index (χ2v) is 4.62. The van der Waals surface area contributed by atoms with Crippen LogP contribution >= 0.6 is 0 Å². The van der Waals surface area contributed by atoms with E-state index >= 15 is 0 Å². The molecule has 0 aromatic rings. The van der Waals surface area contributed by atoms with Gasteiger partial charge in [-0.2, -0.15) is 0 Å². The molecule has 1 amide bonds. The average molecular weight is 260 g/mol. The van der Waals surface area contributed by atoms with Crippen molar-refractivity contribution in [3.05, 3.63) is 0 Å². The summed E-state index contributed by atoms with van der Waals surface area (Å²) in [6.45, 7) is 5.22. The summed E-state index contributed by atoms with van der Waals surface area (Å²) in [7, 11) is 0. The van der Waals surface area contributed by atoms with E-state index in [0.717, 1.165) is 19.3 Å². The summed E-state index contributed by atoms with van der Waals surface area (Å²) in [6, 6.07) is -0.191. The van der Waals surface area contributed by atoms with Crippen LogP contribution in [0, 0.1) is 0 Å². The molecule has 0 rings (SSSR count). The average Bonchev–Trinajstić information content (AvgIpc) is 2.34. The minimum Gasteiger partial charge on any atom is -0.394 e. The molecule has 5 nitrogen and oxygen atoms in total.